The zero-order chi connectivity index (χ0) is 13.8. The minimum atomic E-state index is -0.0196. The van der Waals surface area contributed by atoms with Gasteiger partial charge < -0.3 is 9.84 Å². The van der Waals surface area contributed by atoms with Crippen LogP contribution >= 0.6 is 0 Å². The van der Waals surface area contributed by atoms with Crippen LogP contribution in [-0.4, -0.2) is 16.2 Å². The summed E-state index contributed by atoms with van der Waals surface area (Å²) in [4.78, 5) is 4.12. The Labute approximate surface area is 111 Å². The van der Waals surface area contributed by atoms with Crippen LogP contribution in [0.4, 0.5) is 0 Å². The molecule has 19 heavy (non-hydrogen) atoms. The van der Waals surface area contributed by atoms with E-state index in [0.717, 1.165) is 11.1 Å². The lowest BCUT2D eigenvalue weighted by Crippen LogP contribution is -2.05. The summed E-state index contributed by atoms with van der Waals surface area (Å²) in [6.07, 6.45) is 3.42. The maximum Gasteiger partial charge on any atom is 0.138 e. The molecule has 0 aliphatic carbocycles. The molecule has 0 aliphatic heterocycles. The molecule has 0 spiro atoms. The number of pyridine rings is 1. The Morgan fingerprint density at radius 3 is 2.68 bits per heavy atom. The standard InChI is InChI=1S/C15H14N2O2/c1-10(2)19-14-6-13(8-17-9-14)11-3-4-15(18)12(5-11)7-16/h3-6,8-10,18H,1-2H3. The van der Waals surface area contributed by atoms with E-state index in [-0.39, 0.29) is 17.4 Å². The second-order valence-corrected chi connectivity index (χ2v) is 4.42. The summed E-state index contributed by atoms with van der Waals surface area (Å²) < 4.78 is 5.58. The summed E-state index contributed by atoms with van der Waals surface area (Å²) in [5.41, 5.74) is 1.90. The lowest BCUT2D eigenvalue weighted by atomic mass is 10.0. The molecule has 4 heteroatoms. The molecule has 1 aromatic carbocycles. The van der Waals surface area contributed by atoms with Crippen molar-refractivity contribution in [2.75, 3.05) is 0 Å². The first-order valence-corrected chi connectivity index (χ1v) is 5.95. The fourth-order valence-electron chi connectivity index (χ4n) is 1.72. The van der Waals surface area contributed by atoms with Gasteiger partial charge in [-0.2, -0.15) is 5.26 Å². The molecule has 4 nitrogen and oxygen atoms in total. The highest BCUT2D eigenvalue weighted by molar-refractivity contribution is 5.67. The third-order valence-electron chi connectivity index (χ3n) is 2.54. The summed E-state index contributed by atoms with van der Waals surface area (Å²) in [6.45, 7) is 3.89. The van der Waals surface area contributed by atoms with Crippen molar-refractivity contribution in [2.24, 2.45) is 0 Å². The lowest BCUT2D eigenvalue weighted by Gasteiger charge is -2.10. The third-order valence-corrected chi connectivity index (χ3v) is 2.54. The smallest absolute Gasteiger partial charge is 0.138 e. The number of aromatic hydroxyl groups is 1. The summed E-state index contributed by atoms with van der Waals surface area (Å²) in [6, 6.07) is 8.69. The number of aromatic nitrogens is 1. The van der Waals surface area contributed by atoms with Gasteiger partial charge in [0.05, 0.1) is 17.9 Å². The first-order chi connectivity index (χ1) is 9.10. The molecule has 0 radical (unpaired) electrons. The van der Waals surface area contributed by atoms with E-state index in [4.69, 9.17) is 10.00 Å². The number of hydrogen-bond acceptors (Lipinski definition) is 4. The van der Waals surface area contributed by atoms with Gasteiger partial charge in [0.2, 0.25) is 0 Å². The number of rotatable bonds is 3. The van der Waals surface area contributed by atoms with Gasteiger partial charge in [-0.3, -0.25) is 4.98 Å². The molecule has 0 unspecified atom stereocenters. The van der Waals surface area contributed by atoms with Gasteiger partial charge in [-0.25, -0.2) is 0 Å². The van der Waals surface area contributed by atoms with Gasteiger partial charge >= 0.3 is 0 Å². The molecule has 0 saturated heterocycles. The molecule has 0 saturated carbocycles. The molecule has 0 fully saturated rings. The molecule has 0 aliphatic rings. The van der Waals surface area contributed by atoms with E-state index in [1.165, 1.54) is 6.07 Å². The van der Waals surface area contributed by atoms with E-state index in [1.54, 1.807) is 24.5 Å². The zero-order valence-electron chi connectivity index (χ0n) is 10.8. The summed E-state index contributed by atoms with van der Waals surface area (Å²) in [5, 5.41) is 18.4. The molecule has 0 atom stereocenters. The number of phenolic OH excluding ortho intramolecular Hbond substituents is 1. The summed E-state index contributed by atoms with van der Waals surface area (Å²) in [7, 11) is 0. The first kappa shape index (κ1) is 12.9. The van der Waals surface area contributed by atoms with Crippen LogP contribution in [0.25, 0.3) is 11.1 Å². The van der Waals surface area contributed by atoms with Crippen LogP contribution in [0, 0.1) is 11.3 Å². The minimum Gasteiger partial charge on any atom is -0.507 e. The van der Waals surface area contributed by atoms with Crippen LogP contribution < -0.4 is 4.74 Å². The Kier molecular flexibility index (Phi) is 3.67. The van der Waals surface area contributed by atoms with Crippen LogP contribution in [0.5, 0.6) is 11.5 Å². The van der Waals surface area contributed by atoms with Gasteiger partial charge in [0.15, 0.2) is 0 Å². The molecule has 0 amide bonds. The highest BCUT2D eigenvalue weighted by Gasteiger charge is 2.06. The molecule has 2 rings (SSSR count). The number of hydrogen-bond donors (Lipinski definition) is 1. The highest BCUT2D eigenvalue weighted by atomic mass is 16.5. The number of benzene rings is 1. The average Bonchev–Trinajstić information content (AvgIpc) is 2.39. The zero-order valence-corrected chi connectivity index (χ0v) is 10.8. The molecule has 1 aromatic heterocycles. The quantitative estimate of drug-likeness (QED) is 0.913. The molecular formula is C15H14N2O2. The first-order valence-electron chi connectivity index (χ1n) is 5.95. The monoisotopic (exact) mass is 254 g/mol. The highest BCUT2D eigenvalue weighted by Crippen LogP contribution is 2.27. The SMILES string of the molecule is CC(C)Oc1cncc(-c2ccc(O)c(C#N)c2)c1. The van der Waals surface area contributed by atoms with Crippen LogP contribution in [0.2, 0.25) is 0 Å². The van der Waals surface area contributed by atoms with E-state index in [0.29, 0.717) is 5.75 Å². The topological polar surface area (TPSA) is 66.1 Å². The summed E-state index contributed by atoms with van der Waals surface area (Å²) >= 11 is 0. The predicted molar refractivity (Wildman–Crippen MR) is 71.8 cm³/mol. The van der Waals surface area contributed by atoms with E-state index < -0.39 is 0 Å². The Morgan fingerprint density at radius 1 is 1.21 bits per heavy atom. The molecule has 2 aromatic rings. The van der Waals surface area contributed by atoms with Crippen molar-refractivity contribution in [1.82, 2.24) is 4.98 Å². The Morgan fingerprint density at radius 2 is 2.00 bits per heavy atom. The maximum atomic E-state index is 9.49. The van der Waals surface area contributed by atoms with E-state index >= 15 is 0 Å². The van der Waals surface area contributed by atoms with Crippen molar-refractivity contribution in [3.63, 3.8) is 0 Å². The van der Waals surface area contributed by atoms with Gasteiger partial charge in [0.25, 0.3) is 0 Å². The van der Waals surface area contributed by atoms with E-state index in [9.17, 15) is 5.11 Å². The molecule has 0 bridgehead atoms. The van der Waals surface area contributed by atoms with Crippen molar-refractivity contribution in [3.8, 4) is 28.7 Å². The van der Waals surface area contributed by atoms with E-state index in [1.807, 2.05) is 26.0 Å². The number of phenols is 1. The van der Waals surface area contributed by atoms with Gasteiger partial charge in [0, 0.05) is 11.8 Å². The Bertz CT molecular complexity index is 630. The van der Waals surface area contributed by atoms with Gasteiger partial charge in [-0.15, -0.1) is 0 Å². The van der Waals surface area contributed by atoms with Crippen molar-refractivity contribution in [3.05, 3.63) is 42.2 Å². The summed E-state index contributed by atoms with van der Waals surface area (Å²) in [5.74, 6) is 0.660. The molecule has 1 N–H and O–H groups in total. The van der Waals surface area contributed by atoms with Gasteiger partial charge in [-0.1, -0.05) is 6.07 Å². The van der Waals surface area contributed by atoms with Crippen LogP contribution in [0.15, 0.2) is 36.7 Å². The van der Waals surface area contributed by atoms with Gasteiger partial charge in [-0.05, 0) is 37.6 Å². The second kappa shape index (κ2) is 5.40. The molecule has 96 valence electrons. The maximum absolute atomic E-state index is 9.49. The predicted octanol–water partition coefficient (Wildman–Crippen LogP) is 3.11. The molecule has 1 heterocycles. The average molecular weight is 254 g/mol. The van der Waals surface area contributed by atoms with E-state index in [2.05, 4.69) is 4.98 Å². The Balaban J connectivity index is 2.39. The van der Waals surface area contributed by atoms with Gasteiger partial charge in [0.1, 0.15) is 17.6 Å². The van der Waals surface area contributed by atoms with Crippen LogP contribution in [0.3, 0.4) is 0 Å². The fraction of sp³-hybridized carbons (Fsp3) is 0.200. The Hall–Kier alpha value is -2.54. The largest absolute Gasteiger partial charge is 0.507 e. The van der Waals surface area contributed by atoms with Crippen molar-refractivity contribution in [1.29, 1.82) is 5.26 Å². The van der Waals surface area contributed by atoms with Crippen molar-refractivity contribution < 1.29 is 9.84 Å². The number of nitrogens with zero attached hydrogens (tertiary/aromatic N) is 2. The second-order valence-electron chi connectivity index (χ2n) is 4.42. The lowest BCUT2D eigenvalue weighted by molar-refractivity contribution is 0.241. The number of nitriles is 1. The molecular weight excluding hydrogens is 240 g/mol. The minimum absolute atomic E-state index is 0.0196. The van der Waals surface area contributed by atoms with Crippen molar-refractivity contribution in [2.45, 2.75) is 20.0 Å². The third kappa shape index (κ3) is 3.02. The normalized spacial score (nSPS) is 10.2. The fourth-order valence-corrected chi connectivity index (χ4v) is 1.72. The van der Waals surface area contributed by atoms with Crippen molar-refractivity contribution >= 4 is 0 Å². The van der Waals surface area contributed by atoms with Crippen LogP contribution in [0.1, 0.15) is 19.4 Å². The van der Waals surface area contributed by atoms with Crippen LogP contribution in [-0.2, 0) is 0 Å². The number of ether oxygens (including phenoxy) is 1.